The van der Waals surface area contributed by atoms with Crippen molar-refractivity contribution in [2.75, 3.05) is 14.1 Å². The lowest BCUT2D eigenvalue weighted by atomic mass is 10.9. The van der Waals surface area contributed by atoms with Crippen molar-refractivity contribution in [3.05, 3.63) is 0 Å². The van der Waals surface area contributed by atoms with Gasteiger partial charge in [0.1, 0.15) is 0 Å². The van der Waals surface area contributed by atoms with E-state index in [0.717, 1.165) is 0 Å². The summed E-state index contributed by atoms with van der Waals surface area (Å²) in [5.74, 6) is 0. The molecule has 0 saturated heterocycles. The molecule has 0 heterocycles. The van der Waals surface area contributed by atoms with Gasteiger partial charge in [-0.25, -0.2) is 4.79 Å². The zero-order chi connectivity index (χ0) is 8.36. The van der Waals surface area contributed by atoms with Gasteiger partial charge in [-0.1, -0.05) is 0 Å². The smallest absolute Gasteiger partial charge is 0.395 e. The van der Waals surface area contributed by atoms with Crippen LogP contribution in [0.25, 0.3) is 0 Å². The summed E-state index contributed by atoms with van der Waals surface area (Å²) in [5.41, 5.74) is 0. The van der Waals surface area contributed by atoms with E-state index in [1.165, 1.54) is 4.90 Å². The maximum atomic E-state index is 10.9. The number of hydrogen-bond acceptors (Lipinski definition) is 2. The molecule has 0 bridgehead atoms. The fraction of sp³-hybridized carbons (Fsp3) is 0.833. The van der Waals surface area contributed by atoms with Gasteiger partial charge in [-0.05, 0) is 19.6 Å². The van der Waals surface area contributed by atoms with Crippen molar-refractivity contribution in [1.82, 2.24) is 4.90 Å². The number of rotatable bonds is 1. The quantitative estimate of drug-likeness (QED) is 0.546. The lowest BCUT2D eigenvalue weighted by Crippen LogP contribution is -2.35. The van der Waals surface area contributed by atoms with Crippen molar-refractivity contribution >= 4 is 14.4 Å². The molecule has 0 fully saturated rings. The zero-order valence-electron chi connectivity index (χ0n) is 7.26. The Balaban J connectivity index is 3.81. The Kier molecular flexibility index (Phi) is 2.89. The largest absolute Gasteiger partial charge is 0.504 e. The molecule has 0 aromatic carbocycles. The standard InChI is InChI=1S/C6H15NO2Si/c1-7(2)6(8)9-10(3,4)5/h1-5H3. The number of carbonyl (C=O) groups excluding carboxylic acids is 1. The van der Waals surface area contributed by atoms with Crippen molar-refractivity contribution in [2.24, 2.45) is 0 Å². The summed E-state index contributed by atoms with van der Waals surface area (Å²) in [6, 6.07) is 0. The van der Waals surface area contributed by atoms with Crippen LogP contribution in [0.5, 0.6) is 0 Å². The highest BCUT2D eigenvalue weighted by molar-refractivity contribution is 6.71. The summed E-state index contributed by atoms with van der Waals surface area (Å²) in [4.78, 5) is 12.3. The van der Waals surface area contributed by atoms with E-state index in [4.69, 9.17) is 4.43 Å². The first-order valence-corrected chi connectivity index (χ1v) is 6.64. The van der Waals surface area contributed by atoms with Crippen LogP contribution in [0.3, 0.4) is 0 Å². The van der Waals surface area contributed by atoms with E-state index >= 15 is 0 Å². The highest BCUT2D eigenvalue weighted by atomic mass is 28.4. The third-order valence-corrected chi connectivity index (χ3v) is 1.55. The lowest BCUT2D eigenvalue weighted by molar-refractivity contribution is 0.170. The van der Waals surface area contributed by atoms with Gasteiger partial charge in [0.15, 0.2) is 0 Å². The van der Waals surface area contributed by atoms with Crippen LogP contribution >= 0.6 is 0 Å². The van der Waals surface area contributed by atoms with Crippen molar-refractivity contribution in [2.45, 2.75) is 19.6 Å². The first-order valence-electron chi connectivity index (χ1n) is 3.23. The average molecular weight is 161 g/mol. The molecule has 0 N–H and O–H groups in total. The second-order valence-electron chi connectivity index (χ2n) is 3.37. The Hall–Kier alpha value is -0.513. The topological polar surface area (TPSA) is 29.5 Å². The molecule has 0 spiro atoms. The van der Waals surface area contributed by atoms with Gasteiger partial charge in [0.25, 0.3) is 0 Å². The Labute approximate surface area is 63.1 Å². The molecule has 0 unspecified atom stereocenters. The molecule has 1 amide bonds. The first kappa shape index (κ1) is 9.49. The van der Waals surface area contributed by atoms with Crippen LogP contribution in [0.15, 0.2) is 0 Å². The van der Waals surface area contributed by atoms with E-state index in [0.29, 0.717) is 0 Å². The number of amides is 1. The van der Waals surface area contributed by atoms with Crippen LogP contribution in [0.1, 0.15) is 0 Å². The van der Waals surface area contributed by atoms with Crippen molar-refractivity contribution in [1.29, 1.82) is 0 Å². The van der Waals surface area contributed by atoms with E-state index in [1.807, 2.05) is 19.6 Å². The Bertz CT molecular complexity index is 128. The van der Waals surface area contributed by atoms with Crippen LogP contribution in [-0.4, -0.2) is 33.4 Å². The minimum absolute atomic E-state index is 0.237. The molecule has 0 radical (unpaired) electrons. The first-order chi connectivity index (χ1) is 4.33. The Morgan fingerprint density at radius 3 is 1.80 bits per heavy atom. The molecule has 0 aliphatic rings. The third kappa shape index (κ3) is 4.37. The predicted molar refractivity (Wildman–Crippen MR) is 43.5 cm³/mol. The van der Waals surface area contributed by atoms with Crippen LogP contribution in [0, 0.1) is 0 Å². The van der Waals surface area contributed by atoms with Gasteiger partial charge < -0.3 is 9.33 Å². The van der Waals surface area contributed by atoms with Crippen molar-refractivity contribution in [3.63, 3.8) is 0 Å². The fourth-order valence-electron chi connectivity index (χ4n) is 0.353. The summed E-state index contributed by atoms with van der Waals surface area (Å²) in [7, 11) is 1.69. The van der Waals surface area contributed by atoms with Gasteiger partial charge in [-0.15, -0.1) is 0 Å². The van der Waals surface area contributed by atoms with E-state index < -0.39 is 8.32 Å². The van der Waals surface area contributed by atoms with E-state index in [9.17, 15) is 4.79 Å². The second kappa shape index (κ2) is 3.05. The maximum Gasteiger partial charge on any atom is 0.395 e. The minimum atomic E-state index is -1.67. The average Bonchev–Trinajstić information content (AvgIpc) is 1.60. The molecule has 4 heteroatoms. The summed E-state index contributed by atoms with van der Waals surface area (Å²) >= 11 is 0. The fourth-order valence-corrected chi connectivity index (χ4v) is 1.06. The number of carbonyl (C=O) groups is 1. The molecule has 0 aliphatic heterocycles. The van der Waals surface area contributed by atoms with Crippen LogP contribution < -0.4 is 0 Å². The van der Waals surface area contributed by atoms with E-state index in [-0.39, 0.29) is 6.09 Å². The highest BCUT2D eigenvalue weighted by Gasteiger charge is 2.20. The van der Waals surface area contributed by atoms with Gasteiger partial charge in [0.05, 0.1) is 0 Å². The zero-order valence-corrected chi connectivity index (χ0v) is 8.26. The predicted octanol–water partition coefficient (Wildman–Crippen LogP) is 1.52. The highest BCUT2D eigenvalue weighted by Crippen LogP contribution is 2.03. The molecule has 0 aromatic rings. The third-order valence-electron chi connectivity index (χ3n) is 0.759. The molecule has 0 aromatic heterocycles. The molecular formula is C6H15NO2Si. The van der Waals surface area contributed by atoms with Gasteiger partial charge in [-0.3, -0.25) is 0 Å². The van der Waals surface area contributed by atoms with E-state index in [2.05, 4.69) is 0 Å². The van der Waals surface area contributed by atoms with Gasteiger partial charge in [0, 0.05) is 14.1 Å². The van der Waals surface area contributed by atoms with Crippen molar-refractivity contribution in [3.8, 4) is 0 Å². The molecule has 60 valence electrons. The van der Waals surface area contributed by atoms with Gasteiger partial charge in [-0.2, -0.15) is 0 Å². The molecule has 10 heavy (non-hydrogen) atoms. The molecule has 0 aliphatic carbocycles. The molecule has 0 rings (SSSR count). The number of nitrogens with zero attached hydrogens (tertiary/aromatic N) is 1. The van der Waals surface area contributed by atoms with Crippen LogP contribution in [0.4, 0.5) is 4.79 Å². The van der Waals surface area contributed by atoms with Gasteiger partial charge in [0.2, 0.25) is 8.32 Å². The summed E-state index contributed by atoms with van der Waals surface area (Å²) in [6.45, 7) is 5.94. The van der Waals surface area contributed by atoms with Crippen LogP contribution in [0.2, 0.25) is 19.6 Å². The summed E-state index contributed by atoms with van der Waals surface area (Å²) in [6.07, 6.45) is -0.237. The lowest BCUT2D eigenvalue weighted by Gasteiger charge is -2.20. The second-order valence-corrected chi connectivity index (χ2v) is 7.80. The summed E-state index contributed by atoms with van der Waals surface area (Å²) < 4.78 is 5.12. The Morgan fingerprint density at radius 1 is 1.30 bits per heavy atom. The van der Waals surface area contributed by atoms with Crippen LogP contribution in [-0.2, 0) is 4.43 Å². The van der Waals surface area contributed by atoms with Gasteiger partial charge >= 0.3 is 6.09 Å². The molecular weight excluding hydrogens is 146 g/mol. The minimum Gasteiger partial charge on any atom is -0.504 e. The van der Waals surface area contributed by atoms with Crippen molar-refractivity contribution < 1.29 is 9.22 Å². The monoisotopic (exact) mass is 161 g/mol. The molecule has 3 nitrogen and oxygen atoms in total. The molecule has 0 saturated carbocycles. The molecule has 0 atom stereocenters. The summed E-state index contributed by atoms with van der Waals surface area (Å²) in [5, 5.41) is 0. The maximum absolute atomic E-state index is 10.9. The SMILES string of the molecule is CN(C)C(=O)O[Si](C)(C)C. The normalized spacial score (nSPS) is 10.9. The van der Waals surface area contributed by atoms with E-state index in [1.54, 1.807) is 14.1 Å². The number of hydrogen-bond donors (Lipinski definition) is 0. The Morgan fingerprint density at radius 2 is 1.70 bits per heavy atom.